The van der Waals surface area contributed by atoms with Crippen LogP contribution >= 0.6 is 0 Å². The van der Waals surface area contributed by atoms with E-state index in [0.29, 0.717) is 6.61 Å². The molecule has 1 aromatic heterocycles. The zero-order chi connectivity index (χ0) is 12.3. The fourth-order valence-electron chi connectivity index (χ4n) is 1.74. The molecule has 17 heavy (non-hydrogen) atoms. The van der Waals surface area contributed by atoms with E-state index in [9.17, 15) is 0 Å². The zero-order valence-corrected chi connectivity index (χ0v) is 10.1. The van der Waals surface area contributed by atoms with Crippen molar-refractivity contribution in [1.29, 1.82) is 0 Å². The third-order valence-corrected chi connectivity index (χ3v) is 2.43. The van der Waals surface area contributed by atoms with Crippen LogP contribution in [0.4, 0.5) is 5.69 Å². The van der Waals surface area contributed by atoms with Crippen LogP contribution in [0.25, 0.3) is 0 Å². The van der Waals surface area contributed by atoms with E-state index < -0.39 is 0 Å². The van der Waals surface area contributed by atoms with Gasteiger partial charge in [0.25, 0.3) is 0 Å². The number of nitrogens with two attached hydrogens (primary N) is 1. The average molecular weight is 228 g/mol. The van der Waals surface area contributed by atoms with Crippen LogP contribution in [0.15, 0.2) is 36.4 Å². The van der Waals surface area contributed by atoms with Gasteiger partial charge in [-0.05, 0) is 55.8 Å². The molecule has 0 bridgehead atoms. The number of anilines is 1. The van der Waals surface area contributed by atoms with Crippen molar-refractivity contribution in [3.8, 4) is 5.75 Å². The van der Waals surface area contributed by atoms with Crippen molar-refractivity contribution in [3.05, 3.63) is 53.3 Å². The van der Waals surface area contributed by atoms with Crippen molar-refractivity contribution in [2.24, 2.45) is 0 Å². The summed E-state index contributed by atoms with van der Waals surface area (Å²) in [7, 11) is 0. The highest BCUT2D eigenvalue weighted by Crippen LogP contribution is 2.15. The number of hydrogen-bond acceptors (Lipinski definition) is 3. The molecule has 0 saturated carbocycles. The Morgan fingerprint density at radius 2 is 1.65 bits per heavy atom. The van der Waals surface area contributed by atoms with Gasteiger partial charge in [-0.3, -0.25) is 4.98 Å². The Hall–Kier alpha value is -2.03. The monoisotopic (exact) mass is 228 g/mol. The minimum atomic E-state index is 0.550. The van der Waals surface area contributed by atoms with Crippen molar-refractivity contribution < 1.29 is 4.74 Å². The molecule has 1 heterocycles. The molecular formula is C14H16N2O. The van der Waals surface area contributed by atoms with Crippen LogP contribution in [0.2, 0.25) is 0 Å². The van der Waals surface area contributed by atoms with E-state index >= 15 is 0 Å². The second-order valence-corrected chi connectivity index (χ2v) is 4.12. The summed E-state index contributed by atoms with van der Waals surface area (Å²) in [5, 5.41) is 0. The Morgan fingerprint density at radius 3 is 2.24 bits per heavy atom. The van der Waals surface area contributed by atoms with E-state index in [0.717, 1.165) is 28.4 Å². The molecule has 0 fully saturated rings. The Bertz CT molecular complexity index is 486. The molecule has 0 atom stereocenters. The first-order valence-electron chi connectivity index (χ1n) is 5.56. The first kappa shape index (κ1) is 11.5. The minimum Gasteiger partial charge on any atom is -0.489 e. The lowest BCUT2D eigenvalue weighted by Crippen LogP contribution is -1.98. The van der Waals surface area contributed by atoms with Gasteiger partial charge in [0.1, 0.15) is 12.4 Å². The van der Waals surface area contributed by atoms with Gasteiger partial charge in [0, 0.05) is 17.1 Å². The van der Waals surface area contributed by atoms with E-state index in [1.165, 1.54) is 0 Å². The molecule has 0 aliphatic carbocycles. The van der Waals surface area contributed by atoms with Gasteiger partial charge in [-0.25, -0.2) is 0 Å². The standard InChI is InChI=1S/C14H16N2O/c1-10-7-12(8-11(2)16-10)9-17-14-5-3-13(15)4-6-14/h3-8H,9,15H2,1-2H3. The van der Waals surface area contributed by atoms with Gasteiger partial charge in [-0.15, -0.1) is 0 Å². The second-order valence-electron chi connectivity index (χ2n) is 4.12. The van der Waals surface area contributed by atoms with Crippen LogP contribution in [0, 0.1) is 13.8 Å². The largest absolute Gasteiger partial charge is 0.489 e. The van der Waals surface area contributed by atoms with E-state index in [-0.39, 0.29) is 0 Å². The fourth-order valence-corrected chi connectivity index (χ4v) is 1.74. The molecular weight excluding hydrogens is 212 g/mol. The molecule has 2 rings (SSSR count). The summed E-state index contributed by atoms with van der Waals surface area (Å²) in [4.78, 5) is 4.33. The highest BCUT2D eigenvalue weighted by Gasteiger charge is 1.99. The molecule has 3 heteroatoms. The molecule has 0 aliphatic rings. The van der Waals surface area contributed by atoms with Gasteiger partial charge < -0.3 is 10.5 Å². The van der Waals surface area contributed by atoms with Crippen LogP contribution in [0.1, 0.15) is 17.0 Å². The number of benzene rings is 1. The Balaban J connectivity index is 2.04. The molecule has 0 aliphatic heterocycles. The van der Waals surface area contributed by atoms with Crippen molar-refractivity contribution >= 4 is 5.69 Å². The van der Waals surface area contributed by atoms with Gasteiger partial charge in [0.15, 0.2) is 0 Å². The van der Waals surface area contributed by atoms with Crippen molar-refractivity contribution in [1.82, 2.24) is 4.98 Å². The summed E-state index contributed by atoms with van der Waals surface area (Å²) in [5.74, 6) is 0.825. The maximum Gasteiger partial charge on any atom is 0.119 e. The number of ether oxygens (including phenoxy) is 1. The van der Waals surface area contributed by atoms with E-state index in [1.807, 2.05) is 50.2 Å². The maximum absolute atomic E-state index is 5.67. The number of aromatic nitrogens is 1. The van der Waals surface area contributed by atoms with E-state index in [2.05, 4.69) is 4.98 Å². The highest BCUT2D eigenvalue weighted by molar-refractivity contribution is 5.41. The molecule has 0 saturated heterocycles. The van der Waals surface area contributed by atoms with Crippen LogP contribution in [-0.2, 0) is 6.61 Å². The number of pyridine rings is 1. The normalized spacial score (nSPS) is 10.2. The zero-order valence-electron chi connectivity index (χ0n) is 10.1. The number of rotatable bonds is 3. The first-order valence-corrected chi connectivity index (χ1v) is 5.56. The summed E-state index contributed by atoms with van der Waals surface area (Å²) in [6.07, 6.45) is 0. The van der Waals surface area contributed by atoms with Crippen LogP contribution in [0.3, 0.4) is 0 Å². The highest BCUT2D eigenvalue weighted by atomic mass is 16.5. The summed E-state index contributed by atoms with van der Waals surface area (Å²) in [6.45, 7) is 4.52. The Labute approximate surface area is 101 Å². The summed E-state index contributed by atoms with van der Waals surface area (Å²) in [6, 6.07) is 11.5. The number of hydrogen-bond donors (Lipinski definition) is 1. The van der Waals surface area contributed by atoms with Gasteiger partial charge in [0.2, 0.25) is 0 Å². The lowest BCUT2D eigenvalue weighted by molar-refractivity contribution is 0.306. The SMILES string of the molecule is Cc1cc(COc2ccc(N)cc2)cc(C)n1. The Kier molecular flexibility index (Phi) is 3.28. The lowest BCUT2D eigenvalue weighted by Gasteiger charge is -2.07. The molecule has 2 aromatic rings. The summed E-state index contributed by atoms with van der Waals surface area (Å²) < 4.78 is 5.67. The quantitative estimate of drug-likeness (QED) is 0.822. The molecule has 1 aromatic carbocycles. The molecule has 0 amide bonds. The van der Waals surface area contributed by atoms with Crippen molar-refractivity contribution in [2.75, 3.05) is 5.73 Å². The molecule has 0 radical (unpaired) electrons. The Morgan fingerprint density at radius 1 is 1.06 bits per heavy atom. The van der Waals surface area contributed by atoms with Crippen molar-refractivity contribution in [2.45, 2.75) is 20.5 Å². The molecule has 2 N–H and O–H groups in total. The predicted molar refractivity (Wildman–Crippen MR) is 68.9 cm³/mol. The van der Waals surface area contributed by atoms with Gasteiger partial charge in [-0.2, -0.15) is 0 Å². The molecule has 3 nitrogen and oxygen atoms in total. The number of aryl methyl sites for hydroxylation is 2. The van der Waals surface area contributed by atoms with E-state index in [4.69, 9.17) is 10.5 Å². The molecule has 0 spiro atoms. The first-order chi connectivity index (χ1) is 8.13. The number of nitrogens with zero attached hydrogens (tertiary/aromatic N) is 1. The van der Waals surface area contributed by atoms with Crippen LogP contribution in [-0.4, -0.2) is 4.98 Å². The molecule has 0 unspecified atom stereocenters. The molecule has 88 valence electrons. The van der Waals surface area contributed by atoms with Crippen LogP contribution < -0.4 is 10.5 Å². The third-order valence-electron chi connectivity index (χ3n) is 2.43. The van der Waals surface area contributed by atoms with Crippen LogP contribution in [0.5, 0.6) is 5.75 Å². The smallest absolute Gasteiger partial charge is 0.119 e. The van der Waals surface area contributed by atoms with Gasteiger partial charge >= 0.3 is 0 Å². The summed E-state index contributed by atoms with van der Waals surface area (Å²) >= 11 is 0. The second kappa shape index (κ2) is 4.87. The number of nitrogen functional groups attached to an aromatic ring is 1. The van der Waals surface area contributed by atoms with Gasteiger partial charge in [-0.1, -0.05) is 0 Å². The summed E-state index contributed by atoms with van der Waals surface area (Å²) in [5.41, 5.74) is 9.51. The predicted octanol–water partition coefficient (Wildman–Crippen LogP) is 2.86. The lowest BCUT2D eigenvalue weighted by atomic mass is 10.2. The maximum atomic E-state index is 5.67. The average Bonchev–Trinajstić information content (AvgIpc) is 2.27. The van der Waals surface area contributed by atoms with Crippen molar-refractivity contribution in [3.63, 3.8) is 0 Å². The minimum absolute atomic E-state index is 0.550. The fraction of sp³-hybridized carbons (Fsp3) is 0.214. The van der Waals surface area contributed by atoms with Gasteiger partial charge in [0.05, 0.1) is 0 Å². The van der Waals surface area contributed by atoms with E-state index in [1.54, 1.807) is 0 Å². The topological polar surface area (TPSA) is 48.1 Å². The third kappa shape index (κ3) is 3.21.